The van der Waals surface area contributed by atoms with Gasteiger partial charge in [0.2, 0.25) is 5.91 Å². The Balaban J connectivity index is 1.51. The molecule has 0 saturated carbocycles. The number of H-pyrrole nitrogens is 1. The number of hydrogen-bond acceptors (Lipinski definition) is 5. The van der Waals surface area contributed by atoms with E-state index in [1.165, 1.54) is 0 Å². The molecule has 2 heterocycles. The number of nitrogens with zero attached hydrogens (tertiary/aromatic N) is 3. The zero-order chi connectivity index (χ0) is 20.3. The van der Waals surface area contributed by atoms with Crippen LogP contribution in [0.25, 0.3) is 11.0 Å². The van der Waals surface area contributed by atoms with E-state index in [-0.39, 0.29) is 23.5 Å². The summed E-state index contributed by atoms with van der Waals surface area (Å²) in [5.74, 6) is 1.46. The molecule has 1 aliphatic heterocycles. The Morgan fingerprint density at radius 2 is 2.11 bits per heavy atom. The largest absolute Gasteiger partial charge is 0.342 e. The number of rotatable bonds is 8. The van der Waals surface area contributed by atoms with Crippen molar-refractivity contribution in [2.24, 2.45) is 0 Å². The van der Waals surface area contributed by atoms with E-state index in [2.05, 4.69) is 9.97 Å². The Morgan fingerprint density at radius 1 is 1.32 bits per heavy atom. The third-order valence-electron chi connectivity index (χ3n) is 5.63. The Labute approximate surface area is 167 Å². The average molecular weight is 407 g/mol. The predicted molar refractivity (Wildman–Crippen MR) is 111 cm³/mol. The van der Waals surface area contributed by atoms with E-state index >= 15 is 0 Å². The number of likely N-dealkylation sites (N-methyl/N-ethyl adjacent to an activating group) is 1. The van der Waals surface area contributed by atoms with Crippen molar-refractivity contribution in [3.05, 3.63) is 29.6 Å². The van der Waals surface area contributed by atoms with E-state index in [4.69, 9.17) is 0 Å². The van der Waals surface area contributed by atoms with E-state index in [1.807, 2.05) is 48.9 Å². The third kappa shape index (κ3) is 4.91. The fourth-order valence-electron chi connectivity index (χ4n) is 3.78. The van der Waals surface area contributed by atoms with Gasteiger partial charge in [-0.05, 0) is 38.9 Å². The Hall–Kier alpha value is -1.93. The summed E-state index contributed by atoms with van der Waals surface area (Å²) >= 11 is 0. The molecule has 8 heteroatoms. The molecule has 0 aliphatic carbocycles. The van der Waals surface area contributed by atoms with E-state index in [0.29, 0.717) is 38.9 Å². The summed E-state index contributed by atoms with van der Waals surface area (Å²) in [6, 6.07) is 6.10. The number of aromatic nitrogens is 2. The van der Waals surface area contributed by atoms with Crippen LogP contribution in [0.3, 0.4) is 0 Å². The summed E-state index contributed by atoms with van der Waals surface area (Å²) in [7, 11) is -0.993. The Kier molecular flexibility index (Phi) is 6.40. The molecule has 0 radical (unpaired) electrons. The van der Waals surface area contributed by atoms with Crippen LogP contribution in [0, 0.1) is 6.92 Å². The Bertz CT molecular complexity index is 938. The van der Waals surface area contributed by atoms with Crippen LogP contribution in [0.1, 0.15) is 31.2 Å². The lowest BCUT2D eigenvalue weighted by Gasteiger charge is -2.25. The molecule has 0 spiro atoms. The number of sulfone groups is 1. The average Bonchev–Trinajstić information content (AvgIpc) is 3.23. The first-order chi connectivity index (χ1) is 13.3. The summed E-state index contributed by atoms with van der Waals surface area (Å²) < 4.78 is 23.3. The quantitative estimate of drug-likeness (QED) is 0.722. The highest BCUT2D eigenvalue weighted by Crippen LogP contribution is 2.17. The predicted octanol–water partition coefficient (Wildman–Crippen LogP) is 1.77. The van der Waals surface area contributed by atoms with E-state index in [0.717, 1.165) is 22.4 Å². The maximum atomic E-state index is 12.6. The minimum absolute atomic E-state index is 0.0339. The maximum Gasteiger partial charge on any atom is 0.223 e. The molecule has 2 aromatic rings. The zero-order valence-corrected chi connectivity index (χ0v) is 17.8. The van der Waals surface area contributed by atoms with Crippen molar-refractivity contribution < 1.29 is 13.2 Å². The van der Waals surface area contributed by atoms with Crippen LogP contribution in [0.15, 0.2) is 18.2 Å². The number of fused-ring (bicyclic) bond motifs is 1. The van der Waals surface area contributed by atoms with Crippen molar-refractivity contribution in [1.29, 1.82) is 0 Å². The highest BCUT2D eigenvalue weighted by molar-refractivity contribution is 7.91. The molecule has 1 N–H and O–H groups in total. The zero-order valence-electron chi connectivity index (χ0n) is 16.9. The summed E-state index contributed by atoms with van der Waals surface area (Å²) in [5, 5.41) is 0. The van der Waals surface area contributed by atoms with Gasteiger partial charge in [-0.1, -0.05) is 12.1 Å². The van der Waals surface area contributed by atoms with Crippen LogP contribution in [0.2, 0.25) is 0 Å². The minimum atomic E-state index is -2.90. The van der Waals surface area contributed by atoms with Gasteiger partial charge in [0.15, 0.2) is 9.84 Å². The number of aryl methyl sites for hydroxylation is 1. The summed E-state index contributed by atoms with van der Waals surface area (Å²) in [6.45, 7) is 5.88. The topological polar surface area (TPSA) is 86.4 Å². The van der Waals surface area contributed by atoms with Gasteiger partial charge in [0.1, 0.15) is 5.82 Å². The van der Waals surface area contributed by atoms with Crippen LogP contribution in [-0.4, -0.2) is 78.3 Å². The maximum absolute atomic E-state index is 12.6. The number of imidazole rings is 1. The van der Waals surface area contributed by atoms with Gasteiger partial charge >= 0.3 is 0 Å². The Morgan fingerprint density at radius 3 is 2.75 bits per heavy atom. The molecule has 1 atom stereocenters. The van der Waals surface area contributed by atoms with Gasteiger partial charge in [0.25, 0.3) is 0 Å². The van der Waals surface area contributed by atoms with Crippen LogP contribution >= 0.6 is 0 Å². The van der Waals surface area contributed by atoms with Gasteiger partial charge in [-0.15, -0.1) is 0 Å². The number of amides is 1. The molecule has 1 aromatic heterocycles. The standard InChI is InChI=1S/C20H30N4O3S/c1-4-24(12-8-18-21-17-7-5-6-15(2)20(17)22-18)19(25)9-11-23(3)16-10-13-28(26,27)14-16/h5-7,16H,4,8-14H2,1-3H3,(H,21,22). The molecule has 3 rings (SSSR count). The van der Waals surface area contributed by atoms with Crippen molar-refractivity contribution >= 4 is 26.8 Å². The number of benzene rings is 1. The number of aromatic amines is 1. The molecule has 0 bridgehead atoms. The monoisotopic (exact) mass is 406 g/mol. The smallest absolute Gasteiger partial charge is 0.223 e. The van der Waals surface area contributed by atoms with Crippen molar-refractivity contribution in [1.82, 2.24) is 19.8 Å². The second-order valence-electron chi connectivity index (χ2n) is 7.67. The molecule has 1 aliphatic rings. The lowest BCUT2D eigenvalue weighted by atomic mass is 10.2. The van der Waals surface area contributed by atoms with Crippen LogP contribution in [0.5, 0.6) is 0 Å². The summed E-state index contributed by atoms with van der Waals surface area (Å²) in [4.78, 5) is 24.5. The molecular formula is C20H30N4O3S. The normalized spacial score (nSPS) is 18.8. The minimum Gasteiger partial charge on any atom is -0.342 e. The SMILES string of the molecule is CCN(CCc1nc2c(C)cccc2[nH]1)C(=O)CCN(C)C1CCS(=O)(=O)C1. The summed E-state index contributed by atoms with van der Waals surface area (Å²) in [5.41, 5.74) is 3.15. The van der Waals surface area contributed by atoms with Crippen molar-refractivity contribution in [3.63, 3.8) is 0 Å². The third-order valence-corrected chi connectivity index (χ3v) is 7.38. The van der Waals surface area contributed by atoms with E-state index in [9.17, 15) is 13.2 Å². The molecule has 28 heavy (non-hydrogen) atoms. The highest BCUT2D eigenvalue weighted by atomic mass is 32.2. The van der Waals surface area contributed by atoms with Gasteiger partial charge in [-0.2, -0.15) is 0 Å². The van der Waals surface area contributed by atoms with Gasteiger partial charge in [-0.25, -0.2) is 13.4 Å². The van der Waals surface area contributed by atoms with Crippen molar-refractivity contribution in [2.45, 2.75) is 39.2 Å². The summed E-state index contributed by atoms with van der Waals surface area (Å²) in [6.07, 6.45) is 1.75. The first-order valence-electron chi connectivity index (χ1n) is 9.91. The fraction of sp³-hybridized carbons (Fsp3) is 0.600. The molecule has 1 saturated heterocycles. The van der Waals surface area contributed by atoms with E-state index in [1.54, 1.807) is 0 Å². The van der Waals surface area contributed by atoms with Crippen molar-refractivity contribution in [2.75, 3.05) is 38.2 Å². The molecular weight excluding hydrogens is 376 g/mol. The lowest BCUT2D eigenvalue weighted by Crippen LogP contribution is -2.38. The molecule has 154 valence electrons. The molecule has 1 fully saturated rings. The van der Waals surface area contributed by atoms with Crippen LogP contribution < -0.4 is 0 Å². The number of nitrogens with one attached hydrogen (secondary N) is 1. The van der Waals surface area contributed by atoms with Crippen molar-refractivity contribution in [3.8, 4) is 0 Å². The second kappa shape index (κ2) is 8.61. The number of carbonyl (C=O) groups is 1. The second-order valence-corrected chi connectivity index (χ2v) is 9.89. The fourth-order valence-corrected chi connectivity index (χ4v) is 5.59. The molecule has 1 aromatic carbocycles. The van der Waals surface area contributed by atoms with Gasteiger partial charge < -0.3 is 14.8 Å². The molecule has 1 unspecified atom stereocenters. The number of carbonyl (C=O) groups excluding carboxylic acids is 1. The van der Waals surface area contributed by atoms with Crippen LogP contribution in [0.4, 0.5) is 0 Å². The lowest BCUT2D eigenvalue weighted by molar-refractivity contribution is -0.131. The van der Waals surface area contributed by atoms with Gasteiger partial charge in [0.05, 0.1) is 22.5 Å². The van der Waals surface area contributed by atoms with Crippen LogP contribution in [-0.2, 0) is 21.1 Å². The number of hydrogen-bond donors (Lipinski definition) is 1. The van der Waals surface area contributed by atoms with E-state index < -0.39 is 9.84 Å². The molecule has 1 amide bonds. The van der Waals surface area contributed by atoms with Gasteiger partial charge in [0, 0.05) is 38.5 Å². The molecule has 7 nitrogen and oxygen atoms in total. The highest BCUT2D eigenvalue weighted by Gasteiger charge is 2.30. The first-order valence-corrected chi connectivity index (χ1v) is 11.7. The van der Waals surface area contributed by atoms with Gasteiger partial charge in [-0.3, -0.25) is 4.79 Å². The first kappa shape index (κ1) is 20.8. The number of para-hydroxylation sites is 1.